The minimum atomic E-state index is -1.61. The van der Waals surface area contributed by atoms with E-state index in [0.29, 0.717) is 0 Å². The fraction of sp³-hybridized carbons (Fsp3) is 0.846. The van der Waals surface area contributed by atoms with Crippen LogP contribution < -0.4 is 0 Å². The van der Waals surface area contributed by atoms with E-state index in [9.17, 15) is 39.6 Å². The highest BCUT2D eigenvalue weighted by Crippen LogP contribution is 2.33. The molecule has 2 saturated heterocycles. The molecule has 12 atom stereocenters. The van der Waals surface area contributed by atoms with Crippen molar-refractivity contribution in [3.63, 3.8) is 0 Å². The van der Waals surface area contributed by atoms with Gasteiger partial charge in [-0.15, -0.1) is 0 Å². The van der Waals surface area contributed by atoms with Gasteiger partial charge in [-0.2, -0.15) is 0 Å². The van der Waals surface area contributed by atoms with Gasteiger partial charge in [-0.05, 0) is 55.4 Å². The molecule has 0 aliphatic carbocycles. The number of esters is 4. The van der Waals surface area contributed by atoms with Gasteiger partial charge in [0.05, 0.1) is 0 Å². The fourth-order valence-corrected chi connectivity index (χ4v) is 3.41. The van der Waals surface area contributed by atoms with Gasteiger partial charge < -0.3 is 77.3 Å². The van der Waals surface area contributed by atoms with Gasteiger partial charge in [0.2, 0.25) is 62.9 Å². The Hall–Kier alpha value is -2.60. The lowest BCUT2D eigenvalue weighted by molar-refractivity contribution is -0.522. The Kier molecular flexibility index (Phi) is 15.6. The predicted molar refractivity (Wildman–Crippen MR) is 140 cm³/mol. The van der Waals surface area contributed by atoms with Crippen LogP contribution in [-0.4, -0.2) is 132 Å². The fourth-order valence-electron chi connectivity index (χ4n) is 3.41. The van der Waals surface area contributed by atoms with Crippen molar-refractivity contribution in [2.45, 2.75) is 143 Å². The maximum atomic E-state index is 11.9. The zero-order valence-corrected chi connectivity index (χ0v) is 26.4. The highest BCUT2D eigenvalue weighted by atomic mass is 17.0. The van der Waals surface area contributed by atoms with Crippen molar-refractivity contribution in [1.82, 2.24) is 0 Å². The second-order valence-electron chi connectivity index (χ2n) is 10.0. The van der Waals surface area contributed by atoms with Crippen LogP contribution in [0.4, 0.5) is 0 Å². The van der Waals surface area contributed by atoms with Crippen molar-refractivity contribution in [3.8, 4) is 0 Å². The zero-order chi connectivity index (χ0) is 34.9. The average Bonchev–Trinajstić information content (AvgIpc) is 2.93. The van der Waals surface area contributed by atoms with Crippen molar-refractivity contribution < 1.29 is 96.4 Å². The van der Waals surface area contributed by atoms with Crippen molar-refractivity contribution in [3.05, 3.63) is 0 Å². The summed E-state index contributed by atoms with van der Waals surface area (Å²) in [6.45, 7) is 9.81. The molecule has 2 aliphatic heterocycles. The van der Waals surface area contributed by atoms with Gasteiger partial charge >= 0.3 is 23.9 Å². The van der Waals surface area contributed by atoms with Crippen LogP contribution in [-0.2, 0) is 76.0 Å². The molecule has 2 heterocycles. The summed E-state index contributed by atoms with van der Waals surface area (Å²) in [6.07, 6.45) is -20.9. The van der Waals surface area contributed by atoms with Crippen molar-refractivity contribution in [2.24, 2.45) is 0 Å². The van der Waals surface area contributed by atoms with Crippen LogP contribution in [0.5, 0.6) is 0 Å². The number of aliphatic hydroxyl groups is 4. The summed E-state index contributed by atoms with van der Waals surface area (Å²) >= 11 is 0. The Balaban J connectivity index is 2.29. The SMILES string of the molecule is CC(OC(=O)C(C)O)OC1OC2OC(OC(C)OC(=O)C(C)O)C(OC(C)OC(=O)C(C)O)OC2OC1OC(C)OC(=O)C(C)O. The first-order chi connectivity index (χ1) is 21.4. The summed E-state index contributed by atoms with van der Waals surface area (Å²) in [4.78, 5) is 47.4. The molecule has 266 valence electrons. The molecule has 0 aromatic rings. The van der Waals surface area contributed by atoms with Crippen LogP contribution in [0.3, 0.4) is 0 Å². The number of ether oxygens (including phenoxy) is 12. The molecule has 2 aliphatic rings. The summed E-state index contributed by atoms with van der Waals surface area (Å²) in [5.41, 5.74) is 0. The standard InChI is InChI=1S/C26H42O20/c1-9(27)17(31)35-13(5)39-21-22(40-14(6)36-18(32)10(2)28)44-26-25(43-21)45-23(41-15(7)37-19(33)11(3)29)24(46-26)42-16(8)38-20(34)12(4)30/h9-16,21-30H,1-8H3. The molecule has 0 aromatic heterocycles. The monoisotopic (exact) mass is 674 g/mol. The molecule has 0 amide bonds. The largest absolute Gasteiger partial charge is 0.434 e. The average molecular weight is 675 g/mol. The summed E-state index contributed by atoms with van der Waals surface area (Å²) in [7, 11) is 0. The first kappa shape index (κ1) is 39.6. The van der Waals surface area contributed by atoms with E-state index in [2.05, 4.69) is 0 Å². The summed E-state index contributed by atoms with van der Waals surface area (Å²) in [5, 5.41) is 37.8. The number of fused-ring (bicyclic) bond motifs is 1. The molecule has 20 heteroatoms. The second kappa shape index (κ2) is 18.1. The van der Waals surface area contributed by atoms with Crippen LogP contribution in [0.1, 0.15) is 55.4 Å². The minimum absolute atomic E-state index is 1.03. The molecule has 2 rings (SSSR count). The number of aliphatic hydroxyl groups excluding tert-OH is 4. The highest BCUT2D eigenvalue weighted by Gasteiger charge is 2.51. The van der Waals surface area contributed by atoms with Gasteiger partial charge in [0, 0.05) is 0 Å². The third-order valence-electron chi connectivity index (χ3n) is 5.54. The first-order valence-corrected chi connectivity index (χ1v) is 14.2. The van der Waals surface area contributed by atoms with E-state index >= 15 is 0 Å². The molecule has 0 saturated carbocycles. The minimum Gasteiger partial charge on any atom is -0.434 e. The number of carbonyl (C=O) groups is 4. The van der Waals surface area contributed by atoms with Gasteiger partial charge in [0.15, 0.2) is 0 Å². The Bertz CT molecular complexity index is 848. The van der Waals surface area contributed by atoms with Crippen LogP contribution in [0.25, 0.3) is 0 Å². The zero-order valence-electron chi connectivity index (χ0n) is 26.4. The van der Waals surface area contributed by atoms with Gasteiger partial charge in [-0.25, -0.2) is 19.2 Å². The van der Waals surface area contributed by atoms with Crippen molar-refractivity contribution >= 4 is 23.9 Å². The van der Waals surface area contributed by atoms with E-state index in [1.807, 2.05) is 0 Å². The van der Waals surface area contributed by atoms with E-state index in [4.69, 9.17) is 56.8 Å². The van der Waals surface area contributed by atoms with Crippen LogP contribution in [0.2, 0.25) is 0 Å². The normalized spacial score (nSPS) is 29.8. The molecular formula is C26H42O20. The van der Waals surface area contributed by atoms with Crippen LogP contribution in [0, 0.1) is 0 Å². The first-order valence-electron chi connectivity index (χ1n) is 14.2. The molecule has 2 fully saturated rings. The number of hydrogen-bond acceptors (Lipinski definition) is 20. The lowest BCUT2D eigenvalue weighted by atomic mass is 10.4. The third kappa shape index (κ3) is 12.5. The predicted octanol–water partition coefficient (Wildman–Crippen LogP) is -1.82. The number of hydrogen-bond donors (Lipinski definition) is 4. The second-order valence-corrected chi connectivity index (χ2v) is 10.0. The summed E-state index contributed by atoms with van der Waals surface area (Å²) in [5.74, 6) is -4.13. The molecule has 46 heavy (non-hydrogen) atoms. The van der Waals surface area contributed by atoms with Gasteiger partial charge in [-0.3, -0.25) is 0 Å². The molecular weight excluding hydrogens is 632 g/mol. The molecule has 0 bridgehead atoms. The molecule has 12 unspecified atom stereocenters. The van der Waals surface area contributed by atoms with E-state index in [0.717, 1.165) is 0 Å². The van der Waals surface area contributed by atoms with E-state index in [1.165, 1.54) is 55.4 Å². The maximum Gasteiger partial charge on any atom is 0.336 e. The molecule has 0 spiro atoms. The summed E-state index contributed by atoms with van der Waals surface area (Å²) in [6, 6.07) is 0. The Labute approximate surface area is 263 Å². The van der Waals surface area contributed by atoms with E-state index in [1.54, 1.807) is 0 Å². The van der Waals surface area contributed by atoms with Crippen LogP contribution in [0.15, 0.2) is 0 Å². The number of rotatable bonds is 16. The van der Waals surface area contributed by atoms with E-state index in [-0.39, 0.29) is 0 Å². The highest BCUT2D eigenvalue weighted by molar-refractivity contribution is 5.74. The Morgan fingerprint density at radius 3 is 0.739 bits per heavy atom. The molecule has 20 nitrogen and oxygen atoms in total. The summed E-state index contributed by atoms with van der Waals surface area (Å²) < 4.78 is 65.3. The molecule has 0 radical (unpaired) electrons. The Morgan fingerprint density at radius 1 is 0.413 bits per heavy atom. The van der Waals surface area contributed by atoms with Gasteiger partial charge in [0.1, 0.15) is 24.4 Å². The maximum absolute atomic E-state index is 11.9. The van der Waals surface area contributed by atoms with Crippen molar-refractivity contribution in [2.75, 3.05) is 0 Å². The van der Waals surface area contributed by atoms with Gasteiger partial charge in [0.25, 0.3) is 0 Å². The lowest BCUT2D eigenvalue weighted by Gasteiger charge is -2.47. The molecule has 0 aromatic carbocycles. The number of carbonyl (C=O) groups excluding carboxylic acids is 4. The quantitative estimate of drug-likeness (QED) is 0.0798. The topological polar surface area (TPSA) is 260 Å². The lowest BCUT2D eigenvalue weighted by Crippen LogP contribution is -2.62. The smallest absolute Gasteiger partial charge is 0.336 e. The third-order valence-corrected chi connectivity index (χ3v) is 5.54. The molecule has 4 N–H and O–H groups in total. The van der Waals surface area contributed by atoms with Crippen LogP contribution >= 0.6 is 0 Å². The van der Waals surface area contributed by atoms with Gasteiger partial charge in [-0.1, -0.05) is 0 Å². The van der Waals surface area contributed by atoms with E-state index < -0.39 is 111 Å². The Morgan fingerprint density at radius 2 is 0.587 bits per heavy atom. The van der Waals surface area contributed by atoms with Crippen molar-refractivity contribution in [1.29, 1.82) is 0 Å².